The van der Waals surface area contributed by atoms with Crippen molar-refractivity contribution in [1.29, 1.82) is 0 Å². The molecule has 1 saturated heterocycles. The van der Waals surface area contributed by atoms with E-state index in [9.17, 15) is 19.8 Å². The zero-order valence-electron chi connectivity index (χ0n) is 23.2. The van der Waals surface area contributed by atoms with Crippen LogP contribution in [0.5, 0.6) is 23.0 Å². The second-order valence-electron chi connectivity index (χ2n) is 9.14. The Labute approximate surface area is 245 Å². The van der Waals surface area contributed by atoms with Crippen LogP contribution in [0.15, 0.2) is 86.5 Å². The summed E-state index contributed by atoms with van der Waals surface area (Å²) in [5, 5.41) is 25.6. The van der Waals surface area contributed by atoms with Crippen LogP contribution >= 0.6 is 11.8 Å². The van der Waals surface area contributed by atoms with Crippen LogP contribution in [-0.4, -0.2) is 56.1 Å². The van der Waals surface area contributed by atoms with E-state index in [1.807, 2.05) is 30.3 Å². The number of phenols is 2. The van der Waals surface area contributed by atoms with Crippen LogP contribution in [0.25, 0.3) is 11.8 Å². The van der Waals surface area contributed by atoms with E-state index in [1.54, 1.807) is 49.0 Å². The molecule has 1 aromatic heterocycles. The zero-order valence-corrected chi connectivity index (χ0v) is 24.0. The van der Waals surface area contributed by atoms with Gasteiger partial charge in [0.25, 0.3) is 11.5 Å². The maximum absolute atomic E-state index is 13.6. The molecule has 12 heteroatoms. The number of ether oxygens (including phenoxy) is 2. The Morgan fingerprint density at radius 3 is 2.14 bits per heavy atom. The van der Waals surface area contributed by atoms with Gasteiger partial charge in [0.15, 0.2) is 33.9 Å². The van der Waals surface area contributed by atoms with E-state index >= 15 is 0 Å². The van der Waals surface area contributed by atoms with E-state index in [0.29, 0.717) is 27.4 Å². The normalized spacial score (nSPS) is 15.3. The van der Waals surface area contributed by atoms with Gasteiger partial charge in [0.05, 0.1) is 36.7 Å². The van der Waals surface area contributed by atoms with Gasteiger partial charge in [-0.15, -0.1) is 0 Å². The van der Waals surface area contributed by atoms with Crippen molar-refractivity contribution in [2.75, 3.05) is 14.2 Å². The van der Waals surface area contributed by atoms with Crippen molar-refractivity contribution in [3.8, 4) is 28.7 Å². The third-order valence-corrected chi connectivity index (χ3v) is 7.50. The Balaban J connectivity index is 1.60. The molecule has 2 N–H and O–H groups in total. The number of hydrogen-bond acceptors (Lipinski definition) is 9. The first-order valence-electron chi connectivity index (χ1n) is 12.7. The van der Waals surface area contributed by atoms with Crippen molar-refractivity contribution < 1.29 is 24.5 Å². The largest absolute Gasteiger partial charge is 0.504 e. The molecule has 214 valence electrons. The summed E-state index contributed by atoms with van der Waals surface area (Å²) >= 11 is 1.06. The standard InChI is InChI=1S/C30H27N5O6S/c1-18-27(29(39)35(33(18)2)21-8-6-5-7-9-21)32-30-34(31-17-20-11-13-23(37)25(15-20)41-4)28(38)26(42-30)16-19-10-12-22(36)24(14-19)40-3/h5-17,36-37H,1-4H3/b26-16-,31-17-,32-30?. The van der Waals surface area contributed by atoms with Crippen molar-refractivity contribution in [2.45, 2.75) is 6.92 Å². The van der Waals surface area contributed by atoms with Gasteiger partial charge in [0.2, 0.25) is 0 Å². The first-order valence-corrected chi connectivity index (χ1v) is 13.5. The summed E-state index contributed by atoms with van der Waals surface area (Å²) in [4.78, 5) is 32.1. The summed E-state index contributed by atoms with van der Waals surface area (Å²) in [7, 11) is 4.63. The Kier molecular flexibility index (Phi) is 7.89. The molecule has 0 unspecified atom stereocenters. The summed E-state index contributed by atoms with van der Waals surface area (Å²) in [5.74, 6) is -0.0280. The molecule has 11 nitrogen and oxygen atoms in total. The van der Waals surface area contributed by atoms with E-state index in [2.05, 4.69) is 10.1 Å². The maximum atomic E-state index is 13.6. The second kappa shape index (κ2) is 11.7. The summed E-state index contributed by atoms with van der Waals surface area (Å²) in [5.41, 5.74) is 2.25. The average Bonchev–Trinajstić information content (AvgIpc) is 3.40. The fourth-order valence-electron chi connectivity index (χ4n) is 4.25. The van der Waals surface area contributed by atoms with Gasteiger partial charge in [-0.3, -0.25) is 14.3 Å². The van der Waals surface area contributed by atoms with Gasteiger partial charge < -0.3 is 19.7 Å². The highest BCUT2D eigenvalue weighted by molar-refractivity contribution is 8.18. The van der Waals surface area contributed by atoms with Crippen molar-refractivity contribution in [3.05, 3.63) is 98.8 Å². The molecule has 2 heterocycles. The molecule has 0 bridgehead atoms. The molecular formula is C30H27N5O6S. The Morgan fingerprint density at radius 1 is 0.881 bits per heavy atom. The Morgan fingerprint density at radius 2 is 1.50 bits per heavy atom. The monoisotopic (exact) mass is 585 g/mol. The fourth-order valence-corrected chi connectivity index (χ4v) is 5.17. The molecule has 0 atom stereocenters. The molecule has 5 rings (SSSR count). The summed E-state index contributed by atoms with van der Waals surface area (Å²) in [6, 6.07) is 18.5. The number of amidine groups is 1. The van der Waals surface area contributed by atoms with Crippen LogP contribution in [0.2, 0.25) is 0 Å². The van der Waals surface area contributed by atoms with Gasteiger partial charge in [-0.1, -0.05) is 24.3 Å². The number of benzene rings is 3. The SMILES string of the molecule is COc1cc(/C=N\N2C(=O)/C(=C/c3ccc(O)c(OC)c3)SC2=Nc2c(C)n(C)n(-c3ccccc3)c2=O)ccc1O. The first kappa shape index (κ1) is 28.3. The Hall–Kier alpha value is -5.23. The first-order chi connectivity index (χ1) is 20.2. The molecule has 0 spiro atoms. The number of thioether (sulfide) groups is 1. The number of methoxy groups -OCH3 is 2. The molecule has 1 amide bonds. The topological polar surface area (TPSA) is 131 Å². The number of hydrogen-bond donors (Lipinski definition) is 2. The summed E-state index contributed by atoms with van der Waals surface area (Å²) in [6.45, 7) is 1.78. The van der Waals surface area contributed by atoms with Gasteiger partial charge in [0.1, 0.15) is 0 Å². The summed E-state index contributed by atoms with van der Waals surface area (Å²) in [6.07, 6.45) is 3.06. The van der Waals surface area contributed by atoms with Crippen molar-refractivity contribution in [3.63, 3.8) is 0 Å². The zero-order chi connectivity index (χ0) is 30.0. The molecule has 1 fully saturated rings. The minimum atomic E-state index is -0.468. The van der Waals surface area contributed by atoms with Crippen LogP contribution in [0.1, 0.15) is 16.8 Å². The van der Waals surface area contributed by atoms with Crippen LogP contribution in [-0.2, 0) is 11.8 Å². The number of aromatic hydroxyl groups is 2. The quantitative estimate of drug-likeness (QED) is 0.240. The highest BCUT2D eigenvalue weighted by atomic mass is 32.2. The minimum Gasteiger partial charge on any atom is -0.504 e. The number of phenolic OH excluding ortho intramolecular Hbond substituents is 2. The molecule has 1 aliphatic rings. The number of amides is 1. The van der Waals surface area contributed by atoms with E-state index < -0.39 is 5.91 Å². The van der Waals surface area contributed by atoms with E-state index in [1.165, 1.54) is 37.2 Å². The minimum absolute atomic E-state index is 0.0305. The number of nitrogens with zero attached hydrogens (tertiary/aromatic N) is 5. The number of aliphatic imine (C=N–C) groups is 1. The van der Waals surface area contributed by atoms with Crippen LogP contribution < -0.4 is 15.0 Å². The average molecular weight is 586 g/mol. The van der Waals surface area contributed by atoms with E-state index in [0.717, 1.165) is 16.8 Å². The van der Waals surface area contributed by atoms with Crippen LogP contribution in [0.3, 0.4) is 0 Å². The van der Waals surface area contributed by atoms with Gasteiger partial charge in [-0.05, 0) is 78.4 Å². The molecule has 3 aromatic carbocycles. The highest BCUT2D eigenvalue weighted by Crippen LogP contribution is 2.36. The molecule has 0 aliphatic carbocycles. The number of hydrazone groups is 1. The van der Waals surface area contributed by atoms with E-state index in [-0.39, 0.29) is 39.4 Å². The molecule has 0 radical (unpaired) electrons. The number of aromatic nitrogens is 2. The fraction of sp³-hybridized carbons (Fsp3) is 0.133. The molecule has 1 aliphatic heterocycles. The number of carbonyl (C=O) groups is 1. The molecular weight excluding hydrogens is 558 g/mol. The lowest BCUT2D eigenvalue weighted by Crippen LogP contribution is -2.24. The maximum Gasteiger partial charge on any atom is 0.297 e. The molecule has 0 saturated carbocycles. The highest BCUT2D eigenvalue weighted by Gasteiger charge is 2.34. The second-order valence-corrected chi connectivity index (χ2v) is 10.1. The smallest absolute Gasteiger partial charge is 0.297 e. The lowest BCUT2D eigenvalue weighted by atomic mass is 10.2. The van der Waals surface area contributed by atoms with Crippen molar-refractivity contribution >= 4 is 40.8 Å². The number of para-hydroxylation sites is 1. The predicted octanol–water partition coefficient (Wildman–Crippen LogP) is 4.55. The lowest BCUT2D eigenvalue weighted by molar-refractivity contribution is -0.122. The van der Waals surface area contributed by atoms with Crippen molar-refractivity contribution in [2.24, 2.45) is 17.1 Å². The van der Waals surface area contributed by atoms with Gasteiger partial charge in [-0.2, -0.15) is 10.1 Å². The molecule has 4 aromatic rings. The predicted molar refractivity (Wildman–Crippen MR) is 162 cm³/mol. The third-order valence-electron chi connectivity index (χ3n) is 6.54. The Bertz CT molecular complexity index is 1820. The van der Waals surface area contributed by atoms with Crippen LogP contribution in [0.4, 0.5) is 5.69 Å². The number of carbonyl (C=O) groups excluding carboxylic acids is 1. The van der Waals surface area contributed by atoms with Crippen LogP contribution in [0, 0.1) is 6.92 Å². The van der Waals surface area contributed by atoms with Gasteiger partial charge >= 0.3 is 0 Å². The van der Waals surface area contributed by atoms with Gasteiger partial charge in [-0.25, -0.2) is 9.67 Å². The third kappa shape index (κ3) is 5.39. The van der Waals surface area contributed by atoms with Gasteiger partial charge in [0, 0.05) is 7.05 Å². The molecule has 42 heavy (non-hydrogen) atoms. The lowest BCUT2D eigenvalue weighted by Gasteiger charge is -2.09. The van der Waals surface area contributed by atoms with Crippen molar-refractivity contribution in [1.82, 2.24) is 14.4 Å². The summed E-state index contributed by atoms with van der Waals surface area (Å²) < 4.78 is 13.6. The number of rotatable bonds is 7. The van der Waals surface area contributed by atoms with E-state index in [4.69, 9.17) is 9.47 Å².